The Morgan fingerprint density at radius 3 is 2.50 bits per heavy atom. The van der Waals surface area contributed by atoms with Gasteiger partial charge in [-0.1, -0.05) is 12.1 Å². The summed E-state index contributed by atoms with van der Waals surface area (Å²) in [7, 11) is 1.68. The first-order valence-corrected chi connectivity index (χ1v) is 5.81. The van der Waals surface area contributed by atoms with Crippen molar-refractivity contribution in [3.8, 4) is 5.75 Å². The Kier molecular flexibility index (Phi) is 6.61. The summed E-state index contributed by atoms with van der Waals surface area (Å²) in [5.41, 5.74) is 1.32. The van der Waals surface area contributed by atoms with Gasteiger partial charge in [-0.25, -0.2) is 0 Å². The first kappa shape index (κ1) is 13.0. The Hall–Kier alpha value is -1.06. The summed E-state index contributed by atoms with van der Waals surface area (Å²) in [5.74, 6) is 0.902. The van der Waals surface area contributed by atoms with Crippen molar-refractivity contribution in [3.05, 3.63) is 29.8 Å². The average molecular weight is 223 g/mol. The Morgan fingerprint density at radius 1 is 1.12 bits per heavy atom. The molecule has 0 aliphatic rings. The van der Waals surface area contributed by atoms with E-state index in [9.17, 15) is 0 Å². The van der Waals surface area contributed by atoms with Crippen LogP contribution in [0, 0.1) is 0 Å². The number of hydrogen-bond acceptors (Lipinski definition) is 3. The van der Waals surface area contributed by atoms with Gasteiger partial charge in [0.15, 0.2) is 0 Å². The lowest BCUT2D eigenvalue weighted by Gasteiger charge is -2.05. The minimum atomic E-state index is 0.292. The number of rotatable bonds is 8. The second-order valence-corrected chi connectivity index (χ2v) is 3.78. The molecule has 2 N–H and O–H groups in total. The molecular weight excluding hydrogens is 202 g/mol. The lowest BCUT2D eigenvalue weighted by Crippen LogP contribution is -2.18. The van der Waals surface area contributed by atoms with E-state index in [1.807, 2.05) is 12.1 Å². The van der Waals surface area contributed by atoms with Gasteiger partial charge in [-0.2, -0.15) is 0 Å². The number of unbranched alkanes of at least 4 members (excludes halogenated alkanes) is 1. The van der Waals surface area contributed by atoms with Crippen molar-refractivity contribution < 1.29 is 9.84 Å². The Morgan fingerprint density at radius 2 is 1.88 bits per heavy atom. The minimum absolute atomic E-state index is 0.292. The SMILES string of the molecule is COc1ccc(CCNCCCCO)cc1. The molecule has 0 aliphatic heterocycles. The second-order valence-electron chi connectivity index (χ2n) is 3.78. The molecule has 3 nitrogen and oxygen atoms in total. The number of hydrogen-bond donors (Lipinski definition) is 2. The summed E-state index contributed by atoms with van der Waals surface area (Å²) in [5, 5.41) is 12.0. The van der Waals surface area contributed by atoms with E-state index in [1.54, 1.807) is 7.11 Å². The zero-order valence-corrected chi connectivity index (χ0v) is 9.91. The Balaban J connectivity index is 2.12. The molecule has 3 heteroatoms. The molecule has 0 bridgehead atoms. The van der Waals surface area contributed by atoms with Gasteiger partial charge in [0.2, 0.25) is 0 Å². The van der Waals surface area contributed by atoms with Crippen molar-refractivity contribution in [1.29, 1.82) is 0 Å². The van der Waals surface area contributed by atoms with Crippen molar-refractivity contribution in [1.82, 2.24) is 5.32 Å². The molecule has 0 aliphatic carbocycles. The minimum Gasteiger partial charge on any atom is -0.497 e. The number of benzene rings is 1. The van der Waals surface area contributed by atoms with Gasteiger partial charge in [0.05, 0.1) is 7.11 Å². The lowest BCUT2D eigenvalue weighted by atomic mass is 10.1. The van der Waals surface area contributed by atoms with E-state index in [2.05, 4.69) is 17.4 Å². The van der Waals surface area contributed by atoms with E-state index in [-0.39, 0.29) is 0 Å². The van der Waals surface area contributed by atoms with Crippen molar-refractivity contribution in [2.75, 3.05) is 26.8 Å². The molecular formula is C13H21NO2. The number of methoxy groups -OCH3 is 1. The van der Waals surface area contributed by atoms with E-state index in [0.29, 0.717) is 6.61 Å². The predicted molar refractivity (Wildman–Crippen MR) is 65.9 cm³/mol. The van der Waals surface area contributed by atoms with Crippen molar-refractivity contribution >= 4 is 0 Å². The summed E-state index contributed by atoms with van der Waals surface area (Å²) in [6, 6.07) is 8.16. The third-order valence-corrected chi connectivity index (χ3v) is 2.51. The third-order valence-electron chi connectivity index (χ3n) is 2.51. The van der Waals surface area contributed by atoms with E-state index in [0.717, 1.165) is 38.1 Å². The molecule has 0 unspecified atom stereocenters. The van der Waals surface area contributed by atoms with Gasteiger partial charge < -0.3 is 15.2 Å². The highest BCUT2D eigenvalue weighted by molar-refractivity contribution is 5.27. The fraction of sp³-hybridized carbons (Fsp3) is 0.538. The van der Waals surface area contributed by atoms with Crippen molar-refractivity contribution in [2.24, 2.45) is 0 Å². The number of aliphatic hydroxyl groups excluding tert-OH is 1. The third kappa shape index (κ3) is 5.14. The lowest BCUT2D eigenvalue weighted by molar-refractivity contribution is 0.284. The highest BCUT2D eigenvalue weighted by Gasteiger charge is 1.94. The molecule has 0 atom stereocenters. The van der Waals surface area contributed by atoms with Gasteiger partial charge in [-0.05, 0) is 50.0 Å². The smallest absolute Gasteiger partial charge is 0.118 e. The largest absolute Gasteiger partial charge is 0.497 e. The second kappa shape index (κ2) is 8.13. The number of nitrogens with one attached hydrogen (secondary N) is 1. The van der Waals surface area contributed by atoms with Crippen molar-refractivity contribution in [2.45, 2.75) is 19.3 Å². The maximum Gasteiger partial charge on any atom is 0.118 e. The first-order valence-electron chi connectivity index (χ1n) is 5.81. The highest BCUT2D eigenvalue weighted by Crippen LogP contribution is 2.11. The summed E-state index contributed by atoms with van der Waals surface area (Å²) in [4.78, 5) is 0. The molecule has 90 valence electrons. The van der Waals surface area contributed by atoms with Crippen LogP contribution in [-0.4, -0.2) is 31.9 Å². The van der Waals surface area contributed by atoms with E-state index in [4.69, 9.17) is 9.84 Å². The van der Waals surface area contributed by atoms with Crippen LogP contribution in [0.4, 0.5) is 0 Å². The fourth-order valence-electron chi connectivity index (χ4n) is 1.51. The fourth-order valence-corrected chi connectivity index (χ4v) is 1.51. The van der Waals surface area contributed by atoms with Crippen LogP contribution in [0.2, 0.25) is 0 Å². The first-order chi connectivity index (χ1) is 7.86. The van der Waals surface area contributed by atoms with Gasteiger partial charge in [-0.3, -0.25) is 0 Å². The van der Waals surface area contributed by atoms with E-state index < -0.39 is 0 Å². The quantitative estimate of drug-likeness (QED) is 0.658. The summed E-state index contributed by atoms with van der Waals surface area (Å²) in [6.07, 6.45) is 2.96. The van der Waals surface area contributed by atoms with Crippen LogP contribution in [-0.2, 0) is 6.42 Å². The molecule has 0 fully saturated rings. The van der Waals surface area contributed by atoms with Crippen LogP contribution >= 0.6 is 0 Å². The Bertz CT molecular complexity index is 272. The molecule has 16 heavy (non-hydrogen) atoms. The molecule has 0 amide bonds. The summed E-state index contributed by atoms with van der Waals surface area (Å²) >= 11 is 0. The van der Waals surface area contributed by atoms with Crippen LogP contribution < -0.4 is 10.1 Å². The molecule has 1 aromatic rings. The van der Waals surface area contributed by atoms with Gasteiger partial charge in [-0.15, -0.1) is 0 Å². The molecule has 0 saturated heterocycles. The number of ether oxygens (including phenoxy) is 1. The molecule has 1 aromatic carbocycles. The molecule has 0 saturated carbocycles. The van der Waals surface area contributed by atoms with Crippen LogP contribution in [0.1, 0.15) is 18.4 Å². The van der Waals surface area contributed by atoms with Gasteiger partial charge in [0, 0.05) is 6.61 Å². The van der Waals surface area contributed by atoms with Gasteiger partial charge in [0.25, 0.3) is 0 Å². The maximum atomic E-state index is 8.61. The van der Waals surface area contributed by atoms with Crippen LogP contribution in [0.15, 0.2) is 24.3 Å². The monoisotopic (exact) mass is 223 g/mol. The zero-order valence-electron chi connectivity index (χ0n) is 9.91. The van der Waals surface area contributed by atoms with E-state index >= 15 is 0 Å². The molecule has 1 rings (SSSR count). The van der Waals surface area contributed by atoms with Crippen LogP contribution in [0.25, 0.3) is 0 Å². The molecule has 0 spiro atoms. The van der Waals surface area contributed by atoms with Crippen LogP contribution in [0.5, 0.6) is 5.75 Å². The number of aliphatic hydroxyl groups is 1. The average Bonchev–Trinajstić information content (AvgIpc) is 2.34. The van der Waals surface area contributed by atoms with Crippen molar-refractivity contribution in [3.63, 3.8) is 0 Å². The summed E-state index contributed by atoms with van der Waals surface area (Å²) in [6.45, 7) is 2.26. The van der Waals surface area contributed by atoms with E-state index in [1.165, 1.54) is 5.56 Å². The van der Waals surface area contributed by atoms with Gasteiger partial charge in [0.1, 0.15) is 5.75 Å². The van der Waals surface area contributed by atoms with Gasteiger partial charge >= 0.3 is 0 Å². The zero-order chi connectivity index (χ0) is 11.6. The Labute approximate surface area is 97.4 Å². The predicted octanol–water partition coefficient (Wildman–Crippen LogP) is 1.60. The topological polar surface area (TPSA) is 41.5 Å². The summed E-state index contributed by atoms with van der Waals surface area (Å²) < 4.78 is 5.10. The molecule has 0 radical (unpaired) electrons. The maximum absolute atomic E-state index is 8.61. The highest BCUT2D eigenvalue weighted by atomic mass is 16.5. The molecule has 0 heterocycles. The molecule has 0 aromatic heterocycles. The normalized spacial score (nSPS) is 10.4. The standard InChI is InChI=1S/C13H21NO2/c1-16-13-6-4-12(5-7-13)8-10-14-9-2-3-11-15/h4-7,14-15H,2-3,8-11H2,1H3. The van der Waals surface area contributed by atoms with Crippen LogP contribution in [0.3, 0.4) is 0 Å².